The summed E-state index contributed by atoms with van der Waals surface area (Å²) >= 11 is 0. The number of fused-ring (bicyclic) bond motifs is 6. The van der Waals surface area contributed by atoms with E-state index in [9.17, 15) is 9.59 Å². The Labute approximate surface area is 173 Å². The van der Waals surface area contributed by atoms with Crippen LogP contribution in [-0.2, 0) is 15.1 Å². The first-order valence-corrected chi connectivity index (χ1v) is 9.73. The predicted molar refractivity (Wildman–Crippen MR) is 110 cm³/mol. The lowest BCUT2D eigenvalue weighted by atomic mass is 9.77. The molecule has 1 spiro atoms. The van der Waals surface area contributed by atoms with Crippen molar-refractivity contribution in [3.05, 3.63) is 88.5 Å². The lowest BCUT2D eigenvalue weighted by Gasteiger charge is -2.36. The van der Waals surface area contributed by atoms with Crippen LogP contribution in [-0.4, -0.2) is 18.7 Å². The zero-order chi connectivity index (χ0) is 20.9. The Morgan fingerprint density at radius 2 is 1.73 bits per heavy atom. The monoisotopic (exact) mass is 401 g/mol. The molecule has 3 aromatic carbocycles. The van der Waals surface area contributed by atoms with E-state index in [1.807, 2.05) is 49.4 Å². The number of rotatable bonds is 2. The highest BCUT2D eigenvalue weighted by Crippen LogP contribution is 2.56. The van der Waals surface area contributed by atoms with Gasteiger partial charge in [0.1, 0.15) is 11.5 Å². The molecule has 6 heteroatoms. The van der Waals surface area contributed by atoms with Crippen LogP contribution in [0.4, 0.5) is 10.5 Å². The maximum absolute atomic E-state index is 12.8. The highest BCUT2D eigenvalue weighted by Gasteiger charge is 2.53. The Bertz CT molecular complexity index is 1200. The number of hydrogen-bond acceptors (Lipinski definition) is 5. The second-order valence-electron chi connectivity index (χ2n) is 7.27. The van der Waals surface area contributed by atoms with E-state index >= 15 is 0 Å². The summed E-state index contributed by atoms with van der Waals surface area (Å²) in [5, 5.41) is 2.69. The van der Waals surface area contributed by atoms with Crippen molar-refractivity contribution in [2.45, 2.75) is 19.4 Å². The van der Waals surface area contributed by atoms with Crippen molar-refractivity contribution in [1.29, 1.82) is 0 Å². The Hall–Kier alpha value is -3.80. The summed E-state index contributed by atoms with van der Waals surface area (Å²) in [7, 11) is 0. The minimum absolute atomic E-state index is 0.274. The number of esters is 1. The van der Waals surface area contributed by atoms with E-state index in [0.29, 0.717) is 28.3 Å². The molecule has 0 aliphatic carbocycles. The van der Waals surface area contributed by atoms with Crippen LogP contribution in [0, 0.1) is 6.92 Å². The summed E-state index contributed by atoms with van der Waals surface area (Å²) in [4.78, 5) is 24.6. The molecule has 5 rings (SSSR count). The van der Waals surface area contributed by atoms with E-state index in [4.69, 9.17) is 14.2 Å². The fourth-order valence-electron chi connectivity index (χ4n) is 4.15. The van der Waals surface area contributed by atoms with Gasteiger partial charge in [-0.3, -0.25) is 5.32 Å². The van der Waals surface area contributed by atoms with Crippen molar-refractivity contribution < 1.29 is 23.8 Å². The number of carbonyl (C=O) groups is 2. The van der Waals surface area contributed by atoms with Crippen molar-refractivity contribution in [3.8, 4) is 11.5 Å². The molecule has 1 unspecified atom stereocenters. The lowest BCUT2D eigenvalue weighted by Crippen LogP contribution is -2.33. The molecule has 6 nitrogen and oxygen atoms in total. The standard InChI is InChI=1S/C24H19NO5/c1-3-28-23(27)25-15-9-11-19-21(13-15)29-20-12-14(2)8-10-18(20)24(19)17-7-5-4-6-16(17)22(26)30-24/h4-13H,3H2,1-2H3,(H,25,27). The fraction of sp³-hybridized carbons (Fsp3) is 0.167. The zero-order valence-electron chi connectivity index (χ0n) is 16.5. The Kier molecular flexibility index (Phi) is 4.03. The Balaban J connectivity index is 1.72. The van der Waals surface area contributed by atoms with Crippen molar-refractivity contribution in [3.63, 3.8) is 0 Å². The molecule has 3 aromatic rings. The summed E-state index contributed by atoms with van der Waals surface area (Å²) in [5.41, 5.74) is 3.21. The van der Waals surface area contributed by atoms with E-state index < -0.39 is 11.7 Å². The summed E-state index contributed by atoms with van der Waals surface area (Å²) in [6.07, 6.45) is -0.545. The van der Waals surface area contributed by atoms with Crippen LogP contribution in [0.25, 0.3) is 0 Å². The molecule has 2 heterocycles. The second-order valence-corrected chi connectivity index (χ2v) is 7.27. The van der Waals surface area contributed by atoms with Crippen LogP contribution in [0.15, 0.2) is 60.7 Å². The van der Waals surface area contributed by atoms with Crippen LogP contribution in [0.5, 0.6) is 11.5 Å². The summed E-state index contributed by atoms with van der Waals surface area (Å²) in [6, 6.07) is 18.5. The molecule has 0 radical (unpaired) electrons. The van der Waals surface area contributed by atoms with E-state index in [-0.39, 0.29) is 12.6 Å². The Morgan fingerprint density at radius 1 is 1.00 bits per heavy atom. The third-order valence-electron chi connectivity index (χ3n) is 5.39. The number of ether oxygens (including phenoxy) is 3. The van der Waals surface area contributed by atoms with Crippen molar-refractivity contribution in [2.24, 2.45) is 0 Å². The molecule has 2 aliphatic heterocycles. The molecule has 0 aromatic heterocycles. The van der Waals surface area contributed by atoms with Crippen LogP contribution >= 0.6 is 0 Å². The molecule has 0 fully saturated rings. The molecular formula is C24H19NO5. The van der Waals surface area contributed by atoms with E-state index in [1.54, 1.807) is 25.1 Å². The maximum Gasteiger partial charge on any atom is 0.411 e. The van der Waals surface area contributed by atoms with Crippen molar-refractivity contribution in [2.75, 3.05) is 11.9 Å². The minimum atomic E-state index is -1.10. The number of hydrogen-bond donors (Lipinski definition) is 1. The molecule has 30 heavy (non-hydrogen) atoms. The smallest absolute Gasteiger partial charge is 0.411 e. The number of carbonyl (C=O) groups excluding carboxylic acids is 2. The quantitative estimate of drug-likeness (QED) is 0.603. The lowest BCUT2D eigenvalue weighted by molar-refractivity contribution is 0.0224. The van der Waals surface area contributed by atoms with E-state index in [0.717, 1.165) is 16.7 Å². The summed E-state index contributed by atoms with van der Waals surface area (Å²) < 4.78 is 17.2. The van der Waals surface area contributed by atoms with Gasteiger partial charge in [0.05, 0.1) is 12.2 Å². The van der Waals surface area contributed by atoms with Gasteiger partial charge in [-0.15, -0.1) is 0 Å². The SMILES string of the molecule is CCOC(=O)Nc1ccc2c(c1)Oc1cc(C)ccc1C21OC(=O)c2ccccc21. The average Bonchev–Trinajstić information content (AvgIpc) is 3.01. The third-order valence-corrected chi connectivity index (χ3v) is 5.39. The summed E-state index contributed by atoms with van der Waals surface area (Å²) in [5.74, 6) is 0.742. The zero-order valence-corrected chi connectivity index (χ0v) is 16.5. The van der Waals surface area contributed by atoms with Gasteiger partial charge in [-0.2, -0.15) is 0 Å². The maximum atomic E-state index is 12.8. The van der Waals surface area contributed by atoms with Gasteiger partial charge in [-0.1, -0.05) is 30.3 Å². The molecule has 1 amide bonds. The van der Waals surface area contributed by atoms with Crippen LogP contribution in [0.1, 0.15) is 39.5 Å². The van der Waals surface area contributed by atoms with Gasteiger partial charge in [0.15, 0.2) is 5.60 Å². The number of aryl methyl sites for hydroxylation is 1. The molecule has 150 valence electrons. The molecule has 1 N–H and O–H groups in total. The van der Waals surface area contributed by atoms with Gasteiger partial charge >= 0.3 is 12.1 Å². The first-order valence-electron chi connectivity index (χ1n) is 9.73. The summed E-state index contributed by atoms with van der Waals surface area (Å²) in [6.45, 7) is 3.99. The van der Waals surface area contributed by atoms with Gasteiger partial charge in [-0.25, -0.2) is 9.59 Å². The van der Waals surface area contributed by atoms with Crippen LogP contribution in [0.2, 0.25) is 0 Å². The largest absolute Gasteiger partial charge is 0.456 e. The highest BCUT2D eigenvalue weighted by molar-refractivity contribution is 5.97. The third kappa shape index (κ3) is 2.57. The van der Waals surface area contributed by atoms with Crippen LogP contribution < -0.4 is 10.1 Å². The fourth-order valence-corrected chi connectivity index (χ4v) is 4.15. The number of nitrogens with one attached hydrogen (secondary N) is 1. The number of anilines is 1. The van der Waals surface area contributed by atoms with E-state index in [2.05, 4.69) is 5.32 Å². The highest BCUT2D eigenvalue weighted by atomic mass is 16.6. The molecule has 2 aliphatic rings. The first kappa shape index (κ1) is 18.2. The number of benzene rings is 3. The average molecular weight is 401 g/mol. The van der Waals surface area contributed by atoms with Gasteiger partial charge in [0.25, 0.3) is 0 Å². The minimum Gasteiger partial charge on any atom is -0.456 e. The van der Waals surface area contributed by atoms with Gasteiger partial charge in [-0.05, 0) is 43.7 Å². The first-order chi connectivity index (χ1) is 14.5. The molecule has 0 bridgehead atoms. The topological polar surface area (TPSA) is 73.9 Å². The van der Waals surface area contributed by atoms with Crippen molar-refractivity contribution >= 4 is 17.7 Å². The van der Waals surface area contributed by atoms with Gasteiger partial charge in [0.2, 0.25) is 0 Å². The number of amides is 1. The Morgan fingerprint density at radius 3 is 2.53 bits per heavy atom. The molecular weight excluding hydrogens is 382 g/mol. The van der Waals surface area contributed by atoms with E-state index in [1.165, 1.54) is 0 Å². The predicted octanol–water partition coefficient (Wildman–Crippen LogP) is 5.13. The second kappa shape index (κ2) is 6.62. The van der Waals surface area contributed by atoms with Crippen LogP contribution in [0.3, 0.4) is 0 Å². The molecule has 0 saturated heterocycles. The molecule has 0 saturated carbocycles. The molecule has 1 atom stereocenters. The van der Waals surface area contributed by atoms with Gasteiger partial charge < -0.3 is 14.2 Å². The van der Waals surface area contributed by atoms with Gasteiger partial charge in [0, 0.05) is 28.4 Å². The van der Waals surface area contributed by atoms with Crippen molar-refractivity contribution in [1.82, 2.24) is 0 Å². The normalized spacial score (nSPS) is 18.0.